The van der Waals surface area contributed by atoms with Gasteiger partial charge in [0.25, 0.3) is 0 Å². The molecule has 3 heteroatoms. The van der Waals surface area contributed by atoms with Crippen LogP contribution in [-0.4, -0.2) is 5.91 Å². The third-order valence-electron chi connectivity index (χ3n) is 2.28. The van der Waals surface area contributed by atoms with Gasteiger partial charge in [-0.05, 0) is 29.8 Å². The molecule has 0 aromatic heterocycles. The van der Waals surface area contributed by atoms with E-state index in [1.807, 2.05) is 82.3 Å². The smallest absolute Gasteiger partial charge is 0.221 e. The van der Waals surface area contributed by atoms with E-state index in [0.29, 0.717) is 0 Å². The van der Waals surface area contributed by atoms with Crippen molar-refractivity contribution < 1.29 is 9.53 Å². The monoisotopic (exact) mass is 287 g/mol. The standard InChI is InChI=1S/C14H13NO2.2C2H6/c15-14(16)10-11-6-8-13(9-7-11)17-12-4-2-1-3-5-12;2*1-2/h1-9H,10H2,(H2,15,16);2*1-2H3. The van der Waals surface area contributed by atoms with E-state index in [0.717, 1.165) is 17.1 Å². The average Bonchev–Trinajstić information content (AvgIpc) is 2.54. The first-order chi connectivity index (χ1) is 10.2. The summed E-state index contributed by atoms with van der Waals surface area (Å²) in [5, 5.41) is 0. The largest absolute Gasteiger partial charge is 0.457 e. The zero-order valence-electron chi connectivity index (χ0n) is 13.3. The molecule has 21 heavy (non-hydrogen) atoms. The molecule has 0 bridgehead atoms. The fourth-order valence-corrected chi connectivity index (χ4v) is 1.50. The molecule has 0 aliphatic rings. The van der Waals surface area contributed by atoms with E-state index in [2.05, 4.69) is 0 Å². The molecule has 0 aliphatic heterocycles. The van der Waals surface area contributed by atoms with Crippen molar-refractivity contribution >= 4 is 5.91 Å². The number of nitrogens with two attached hydrogens (primary N) is 1. The third kappa shape index (κ3) is 7.78. The fourth-order valence-electron chi connectivity index (χ4n) is 1.50. The van der Waals surface area contributed by atoms with E-state index in [9.17, 15) is 4.79 Å². The minimum atomic E-state index is -0.332. The Morgan fingerprint density at radius 1 is 0.857 bits per heavy atom. The van der Waals surface area contributed by atoms with Gasteiger partial charge in [0.1, 0.15) is 11.5 Å². The minimum absolute atomic E-state index is 0.256. The topological polar surface area (TPSA) is 52.3 Å². The molecule has 0 saturated carbocycles. The van der Waals surface area contributed by atoms with Gasteiger partial charge in [0.15, 0.2) is 0 Å². The molecule has 3 nitrogen and oxygen atoms in total. The summed E-state index contributed by atoms with van der Waals surface area (Å²) in [6, 6.07) is 16.9. The van der Waals surface area contributed by atoms with Crippen molar-refractivity contribution in [1.82, 2.24) is 0 Å². The maximum absolute atomic E-state index is 10.7. The Labute approximate surface area is 127 Å². The van der Waals surface area contributed by atoms with Crippen molar-refractivity contribution in [2.45, 2.75) is 34.1 Å². The lowest BCUT2D eigenvalue weighted by atomic mass is 10.1. The molecule has 0 spiro atoms. The number of hydrogen-bond acceptors (Lipinski definition) is 2. The van der Waals surface area contributed by atoms with Crippen LogP contribution in [-0.2, 0) is 11.2 Å². The van der Waals surface area contributed by atoms with Crippen molar-refractivity contribution in [1.29, 1.82) is 0 Å². The van der Waals surface area contributed by atoms with Crippen LogP contribution in [0, 0.1) is 0 Å². The molecule has 1 amide bonds. The number of para-hydroxylation sites is 1. The van der Waals surface area contributed by atoms with Gasteiger partial charge in [0.05, 0.1) is 6.42 Å². The first-order valence-electron chi connectivity index (χ1n) is 7.34. The van der Waals surface area contributed by atoms with Crippen LogP contribution in [0.3, 0.4) is 0 Å². The van der Waals surface area contributed by atoms with Gasteiger partial charge in [-0.3, -0.25) is 4.79 Å². The maximum Gasteiger partial charge on any atom is 0.221 e. The highest BCUT2D eigenvalue weighted by Gasteiger charge is 2.00. The Hall–Kier alpha value is -2.29. The van der Waals surface area contributed by atoms with Crippen molar-refractivity contribution in [2.24, 2.45) is 5.73 Å². The number of carbonyl (C=O) groups excluding carboxylic acids is 1. The summed E-state index contributed by atoms with van der Waals surface area (Å²) in [5.41, 5.74) is 6.00. The molecule has 0 aliphatic carbocycles. The van der Waals surface area contributed by atoms with Crippen LogP contribution in [0.1, 0.15) is 33.3 Å². The second kappa shape index (κ2) is 11.5. The Balaban J connectivity index is 0.000000921. The van der Waals surface area contributed by atoms with Crippen molar-refractivity contribution in [2.75, 3.05) is 0 Å². The Kier molecular flexibility index (Phi) is 10.3. The van der Waals surface area contributed by atoms with Crippen LogP contribution < -0.4 is 10.5 Å². The highest BCUT2D eigenvalue weighted by molar-refractivity contribution is 5.76. The van der Waals surface area contributed by atoms with E-state index >= 15 is 0 Å². The normalized spacial score (nSPS) is 8.57. The summed E-state index contributed by atoms with van der Waals surface area (Å²) in [5.74, 6) is 1.20. The molecule has 0 fully saturated rings. The van der Waals surface area contributed by atoms with Crippen molar-refractivity contribution in [3.8, 4) is 11.5 Å². The lowest BCUT2D eigenvalue weighted by Gasteiger charge is -2.05. The summed E-state index contributed by atoms with van der Waals surface area (Å²) in [7, 11) is 0. The Morgan fingerprint density at radius 3 is 1.81 bits per heavy atom. The number of hydrogen-bond donors (Lipinski definition) is 1. The predicted octanol–water partition coefficient (Wildman–Crippen LogP) is 4.56. The third-order valence-corrected chi connectivity index (χ3v) is 2.28. The van der Waals surface area contributed by atoms with Gasteiger partial charge in [0.2, 0.25) is 5.91 Å². The number of ether oxygens (including phenoxy) is 1. The Morgan fingerprint density at radius 2 is 1.33 bits per heavy atom. The summed E-state index contributed by atoms with van der Waals surface area (Å²) in [4.78, 5) is 10.7. The maximum atomic E-state index is 10.7. The van der Waals surface area contributed by atoms with E-state index in [1.54, 1.807) is 0 Å². The molecule has 0 unspecified atom stereocenters. The van der Waals surface area contributed by atoms with Gasteiger partial charge < -0.3 is 10.5 Å². The molecule has 0 radical (unpaired) electrons. The quantitative estimate of drug-likeness (QED) is 0.896. The van der Waals surface area contributed by atoms with Gasteiger partial charge in [-0.2, -0.15) is 0 Å². The first kappa shape index (κ1) is 18.7. The average molecular weight is 287 g/mol. The first-order valence-corrected chi connectivity index (χ1v) is 7.34. The molecule has 2 aromatic carbocycles. The van der Waals surface area contributed by atoms with E-state index in [4.69, 9.17) is 10.5 Å². The molecule has 0 atom stereocenters. The molecule has 114 valence electrons. The van der Waals surface area contributed by atoms with Crippen molar-refractivity contribution in [3.63, 3.8) is 0 Å². The van der Waals surface area contributed by atoms with Gasteiger partial charge in [-0.1, -0.05) is 58.0 Å². The minimum Gasteiger partial charge on any atom is -0.457 e. The van der Waals surface area contributed by atoms with Gasteiger partial charge in [-0.15, -0.1) is 0 Å². The van der Waals surface area contributed by atoms with E-state index in [-0.39, 0.29) is 12.3 Å². The summed E-state index contributed by atoms with van der Waals surface area (Å²) in [6.07, 6.45) is 0.256. The van der Waals surface area contributed by atoms with E-state index < -0.39 is 0 Å². The highest BCUT2D eigenvalue weighted by Crippen LogP contribution is 2.21. The summed E-state index contributed by atoms with van der Waals surface area (Å²) >= 11 is 0. The SMILES string of the molecule is CC.CC.NC(=O)Cc1ccc(Oc2ccccc2)cc1. The van der Waals surface area contributed by atoms with Crippen LogP contribution in [0.5, 0.6) is 11.5 Å². The lowest BCUT2D eigenvalue weighted by molar-refractivity contribution is -0.117. The van der Waals surface area contributed by atoms with Gasteiger partial charge in [0, 0.05) is 0 Å². The van der Waals surface area contributed by atoms with Crippen LogP contribution in [0.2, 0.25) is 0 Å². The van der Waals surface area contributed by atoms with Crippen LogP contribution >= 0.6 is 0 Å². The number of carbonyl (C=O) groups is 1. The van der Waals surface area contributed by atoms with Crippen LogP contribution in [0.4, 0.5) is 0 Å². The lowest BCUT2D eigenvalue weighted by Crippen LogP contribution is -2.13. The number of amides is 1. The molecule has 2 N–H and O–H groups in total. The highest BCUT2D eigenvalue weighted by atomic mass is 16.5. The zero-order valence-corrected chi connectivity index (χ0v) is 13.3. The Bertz CT molecular complexity index is 492. The fraction of sp³-hybridized carbons (Fsp3) is 0.278. The number of benzene rings is 2. The second-order valence-electron chi connectivity index (χ2n) is 3.70. The predicted molar refractivity (Wildman–Crippen MR) is 88.6 cm³/mol. The molecule has 2 aromatic rings. The van der Waals surface area contributed by atoms with Gasteiger partial charge in [-0.25, -0.2) is 0 Å². The second-order valence-corrected chi connectivity index (χ2v) is 3.70. The molecule has 0 saturated heterocycles. The summed E-state index contributed by atoms with van der Waals surface area (Å²) < 4.78 is 5.62. The molecule has 0 heterocycles. The van der Waals surface area contributed by atoms with Gasteiger partial charge >= 0.3 is 0 Å². The number of rotatable bonds is 4. The number of primary amides is 1. The van der Waals surface area contributed by atoms with Crippen molar-refractivity contribution in [3.05, 3.63) is 60.2 Å². The molecular weight excluding hydrogens is 262 g/mol. The summed E-state index contributed by atoms with van der Waals surface area (Å²) in [6.45, 7) is 8.00. The molecular formula is C18H25NO2. The van der Waals surface area contributed by atoms with Crippen LogP contribution in [0.15, 0.2) is 54.6 Å². The van der Waals surface area contributed by atoms with Crippen LogP contribution in [0.25, 0.3) is 0 Å². The zero-order chi connectivity index (χ0) is 16.1. The van der Waals surface area contributed by atoms with E-state index in [1.165, 1.54) is 0 Å². The molecule has 2 rings (SSSR count).